The number of nitrogens with zero attached hydrogens (tertiary/aromatic N) is 1. The lowest BCUT2D eigenvalue weighted by atomic mass is 9.81. The number of benzene rings is 2. The van der Waals surface area contributed by atoms with Gasteiger partial charge < -0.3 is 15.5 Å². The van der Waals surface area contributed by atoms with Gasteiger partial charge in [-0.25, -0.2) is 0 Å². The van der Waals surface area contributed by atoms with Crippen LogP contribution < -0.4 is 10.6 Å². The molecule has 1 fully saturated rings. The monoisotopic (exact) mass is 543 g/mol. The molecule has 208 valence electrons. The fraction of sp³-hybridized carbons (Fsp3) is 0.481. The van der Waals surface area contributed by atoms with Crippen molar-refractivity contribution in [3.63, 3.8) is 0 Å². The normalized spacial score (nSPS) is 18.4. The number of nitrogens with one attached hydrogen (secondary N) is 2. The predicted octanol–water partition coefficient (Wildman–Crippen LogP) is 5.28. The van der Waals surface area contributed by atoms with Gasteiger partial charge in [-0.05, 0) is 68.0 Å². The summed E-state index contributed by atoms with van der Waals surface area (Å²) in [6, 6.07) is 6.79. The van der Waals surface area contributed by atoms with E-state index in [1.54, 1.807) is 0 Å². The molecule has 2 amide bonds. The van der Waals surface area contributed by atoms with E-state index < -0.39 is 40.5 Å². The van der Waals surface area contributed by atoms with Gasteiger partial charge in [-0.15, -0.1) is 0 Å². The van der Waals surface area contributed by atoms with Gasteiger partial charge in [0.15, 0.2) is 0 Å². The molecular formula is C27H31F6N3O2. The molecule has 1 unspecified atom stereocenters. The number of piperazine rings is 1. The summed E-state index contributed by atoms with van der Waals surface area (Å²) in [5.41, 5.74) is -1.71. The minimum Gasteiger partial charge on any atom is -0.356 e. The number of alkyl halides is 6. The molecule has 3 rings (SSSR count). The van der Waals surface area contributed by atoms with Gasteiger partial charge in [0.05, 0.1) is 16.7 Å². The highest BCUT2D eigenvalue weighted by molar-refractivity contribution is 5.95. The van der Waals surface area contributed by atoms with Crippen molar-refractivity contribution in [3.05, 3.63) is 69.8 Å². The van der Waals surface area contributed by atoms with Gasteiger partial charge in [-0.2, -0.15) is 26.3 Å². The van der Waals surface area contributed by atoms with Crippen LogP contribution in [0.15, 0.2) is 36.4 Å². The third-order valence-corrected chi connectivity index (χ3v) is 6.92. The van der Waals surface area contributed by atoms with E-state index in [-0.39, 0.29) is 25.1 Å². The van der Waals surface area contributed by atoms with Crippen molar-refractivity contribution in [1.82, 2.24) is 15.5 Å². The molecule has 2 aromatic rings. The van der Waals surface area contributed by atoms with Gasteiger partial charge in [0.2, 0.25) is 5.91 Å². The Labute approximate surface area is 217 Å². The lowest BCUT2D eigenvalue weighted by Crippen LogP contribution is -2.64. The molecule has 0 bridgehead atoms. The van der Waals surface area contributed by atoms with Crippen LogP contribution in [0.2, 0.25) is 0 Å². The highest BCUT2D eigenvalue weighted by Crippen LogP contribution is 2.38. The Kier molecular flexibility index (Phi) is 8.80. The molecule has 0 saturated carbocycles. The van der Waals surface area contributed by atoms with Gasteiger partial charge >= 0.3 is 12.4 Å². The largest absolute Gasteiger partial charge is 0.416 e. The van der Waals surface area contributed by atoms with Crippen LogP contribution in [-0.2, 0) is 23.6 Å². The number of hydrogen-bond acceptors (Lipinski definition) is 3. The second kappa shape index (κ2) is 11.3. The van der Waals surface area contributed by atoms with Crippen LogP contribution in [-0.4, -0.2) is 48.4 Å². The van der Waals surface area contributed by atoms with Crippen molar-refractivity contribution in [2.75, 3.05) is 26.2 Å². The standard InChI is InChI=1S/C27H31F6N3O2/c1-17-5-6-20(11-18(17)2)15-25(7-4-8-35-19(3)37)16-34-9-10-36(25)24(38)21-12-22(26(28,29)30)14-23(13-21)27(31,32)33/h5-6,11-14,34H,4,7-10,15-16H2,1-3H3,(H,35,37). The van der Waals surface area contributed by atoms with Crippen LogP contribution in [0.4, 0.5) is 26.3 Å². The second-order valence-electron chi connectivity index (χ2n) is 9.83. The molecule has 1 atom stereocenters. The van der Waals surface area contributed by atoms with E-state index >= 15 is 0 Å². The van der Waals surface area contributed by atoms with Gasteiger partial charge in [0, 0.05) is 38.7 Å². The maximum Gasteiger partial charge on any atom is 0.416 e. The van der Waals surface area contributed by atoms with Crippen molar-refractivity contribution in [2.45, 2.75) is 57.9 Å². The Morgan fingerprint density at radius 1 is 0.974 bits per heavy atom. The fourth-order valence-electron chi connectivity index (χ4n) is 4.84. The lowest BCUT2D eigenvalue weighted by Gasteiger charge is -2.48. The average molecular weight is 544 g/mol. The zero-order valence-corrected chi connectivity index (χ0v) is 21.4. The summed E-state index contributed by atoms with van der Waals surface area (Å²) in [5, 5.41) is 5.93. The lowest BCUT2D eigenvalue weighted by molar-refractivity contribution is -0.143. The van der Waals surface area contributed by atoms with Gasteiger partial charge in [0.25, 0.3) is 5.91 Å². The Hall–Kier alpha value is -3.08. The van der Waals surface area contributed by atoms with Crippen molar-refractivity contribution in [1.29, 1.82) is 0 Å². The number of carbonyl (C=O) groups is 2. The SMILES string of the molecule is CC(=O)NCCCC1(Cc2ccc(C)c(C)c2)CNCCN1C(=O)c1cc(C(F)(F)F)cc(C(F)(F)F)c1. The highest BCUT2D eigenvalue weighted by Gasteiger charge is 2.43. The number of hydrogen-bond donors (Lipinski definition) is 2. The third kappa shape index (κ3) is 7.06. The minimum absolute atomic E-state index is 0.0182. The summed E-state index contributed by atoms with van der Waals surface area (Å²) < 4.78 is 80.9. The van der Waals surface area contributed by atoms with Gasteiger partial charge in [-0.3, -0.25) is 9.59 Å². The molecule has 0 aromatic heterocycles. The Morgan fingerprint density at radius 2 is 1.61 bits per heavy atom. The fourth-order valence-corrected chi connectivity index (χ4v) is 4.84. The smallest absolute Gasteiger partial charge is 0.356 e. The molecular weight excluding hydrogens is 512 g/mol. The predicted molar refractivity (Wildman–Crippen MR) is 131 cm³/mol. The van der Waals surface area contributed by atoms with Crippen LogP contribution in [0, 0.1) is 13.8 Å². The summed E-state index contributed by atoms with van der Waals surface area (Å²) in [5.74, 6) is -1.13. The Balaban J connectivity index is 2.06. The molecule has 2 aromatic carbocycles. The van der Waals surface area contributed by atoms with Crippen LogP contribution in [0.3, 0.4) is 0 Å². The average Bonchev–Trinajstić information content (AvgIpc) is 2.82. The van der Waals surface area contributed by atoms with Crippen molar-refractivity contribution >= 4 is 11.8 Å². The first kappa shape index (κ1) is 29.5. The zero-order chi connectivity index (χ0) is 28.3. The van der Waals surface area contributed by atoms with E-state index in [9.17, 15) is 35.9 Å². The summed E-state index contributed by atoms with van der Waals surface area (Å²) >= 11 is 0. The summed E-state index contributed by atoms with van der Waals surface area (Å²) in [6.07, 6.45) is -8.97. The number of rotatable bonds is 7. The molecule has 1 saturated heterocycles. The zero-order valence-electron chi connectivity index (χ0n) is 21.4. The highest BCUT2D eigenvalue weighted by atomic mass is 19.4. The third-order valence-electron chi connectivity index (χ3n) is 6.92. The van der Waals surface area contributed by atoms with E-state index in [1.807, 2.05) is 32.0 Å². The van der Waals surface area contributed by atoms with Gasteiger partial charge in [-0.1, -0.05) is 18.2 Å². The van der Waals surface area contributed by atoms with Crippen LogP contribution >= 0.6 is 0 Å². The first-order chi connectivity index (χ1) is 17.6. The van der Waals surface area contributed by atoms with E-state index in [1.165, 1.54) is 11.8 Å². The topological polar surface area (TPSA) is 61.4 Å². The van der Waals surface area contributed by atoms with E-state index in [2.05, 4.69) is 10.6 Å². The van der Waals surface area contributed by atoms with Crippen molar-refractivity contribution < 1.29 is 35.9 Å². The molecule has 0 spiro atoms. The first-order valence-corrected chi connectivity index (χ1v) is 12.3. The number of aryl methyl sites for hydroxylation is 2. The van der Waals surface area contributed by atoms with Gasteiger partial charge in [0.1, 0.15) is 0 Å². The summed E-state index contributed by atoms with van der Waals surface area (Å²) in [7, 11) is 0. The summed E-state index contributed by atoms with van der Waals surface area (Å²) in [4.78, 5) is 26.5. The quantitative estimate of drug-likeness (QED) is 0.369. The molecule has 0 radical (unpaired) electrons. The number of amides is 2. The number of carbonyl (C=O) groups excluding carboxylic acids is 2. The molecule has 0 aliphatic carbocycles. The second-order valence-corrected chi connectivity index (χ2v) is 9.83. The molecule has 5 nitrogen and oxygen atoms in total. The minimum atomic E-state index is -5.06. The molecule has 38 heavy (non-hydrogen) atoms. The Bertz CT molecular complexity index is 1150. The molecule has 11 heteroatoms. The molecule has 2 N–H and O–H groups in total. The van der Waals surface area contributed by atoms with Crippen LogP contribution in [0.5, 0.6) is 0 Å². The first-order valence-electron chi connectivity index (χ1n) is 12.3. The van der Waals surface area contributed by atoms with E-state index in [0.717, 1.165) is 16.7 Å². The number of halogens is 6. The summed E-state index contributed by atoms with van der Waals surface area (Å²) in [6.45, 7) is 6.29. The maximum absolute atomic E-state index is 13.7. The maximum atomic E-state index is 13.7. The van der Waals surface area contributed by atoms with Crippen molar-refractivity contribution in [3.8, 4) is 0 Å². The molecule has 1 aliphatic rings. The Morgan fingerprint density at radius 3 is 2.16 bits per heavy atom. The van der Waals surface area contributed by atoms with Crippen molar-refractivity contribution in [2.24, 2.45) is 0 Å². The van der Waals surface area contributed by atoms with E-state index in [4.69, 9.17) is 0 Å². The van der Waals surface area contributed by atoms with Crippen LogP contribution in [0.25, 0.3) is 0 Å². The van der Waals surface area contributed by atoms with Crippen LogP contribution in [0.1, 0.15) is 57.9 Å². The molecule has 1 aliphatic heterocycles. The molecule has 1 heterocycles. The van der Waals surface area contributed by atoms with E-state index in [0.29, 0.717) is 44.5 Å².